The molecule has 0 aromatic heterocycles. The van der Waals surface area contributed by atoms with Gasteiger partial charge in [-0.2, -0.15) is 0 Å². The Morgan fingerprint density at radius 1 is 1.04 bits per heavy atom. The van der Waals surface area contributed by atoms with Crippen LogP contribution in [-0.4, -0.2) is 26.1 Å². The van der Waals surface area contributed by atoms with Crippen molar-refractivity contribution in [3.8, 4) is 0 Å². The smallest absolute Gasteiger partial charge is 0.258 e. The molecule has 3 rings (SSSR count). The zero-order chi connectivity index (χ0) is 17.3. The summed E-state index contributed by atoms with van der Waals surface area (Å²) in [6.45, 7) is 3.95. The van der Waals surface area contributed by atoms with Crippen LogP contribution >= 0.6 is 0 Å². The fraction of sp³-hybridized carbons (Fsp3) is 0.211. The van der Waals surface area contributed by atoms with Gasteiger partial charge in [-0.25, -0.2) is 8.42 Å². The molecule has 1 aliphatic heterocycles. The normalized spacial score (nSPS) is 18.5. The number of nitrogens with zero attached hydrogens (tertiary/aromatic N) is 1. The number of rotatable bonds is 3. The number of sulfone groups is 1. The highest BCUT2D eigenvalue weighted by atomic mass is 32.2. The molecule has 1 aliphatic rings. The van der Waals surface area contributed by atoms with E-state index in [4.69, 9.17) is 0 Å². The average Bonchev–Trinajstić information content (AvgIpc) is 2.91. The van der Waals surface area contributed by atoms with E-state index in [1.807, 2.05) is 56.3 Å². The van der Waals surface area contributed by atoms with Crippen molar-refractivity contribution in [2.45, 2.75) is 19.9 Å². The Balaban J connectivity index is 2.03. The maximum absolute atomic E-state index is 13.1. The van der Waals surface area contributed by atoms with Gasteiger partial charge >= 0.3 is 0 Å². The monoisotopic (exact) mass is 341 g/mol. The Kier molecular flexibility index (Phi) is 4.28. The number of hydrogen-bond donors (Lipinski definition) is 0. The lowest BCUT2D eigenvalue weighted by atomic mass is 10.0. The average molecular weight is 341 g/mol. The molecule has 124 valence electrons. The summed E-state index contributed by atoms with van der Waals surface area (Å²) in [5.41, 5.74) is 3.39. The molecule has 0 bridgehead atoms. The molecule has 0 fully saturated rings. The van der Waals surface area contributed by atoms with Gasteiger partial charge in [-0.05, 0) is 55.3 Å². The van der Waals surface area contributed by atoms with Crippen LogP contribution in [0, 0.1) is 13.8 Å². The van der Waals surface area contributed by atoms with E-state index in [-0.39, 0.29) is 11.7 Å². The van der Waals surface area contributed by atoms with Crippen molar-refractivity contribution in [2.24, 2.45) is 0 Å². The molecule has 4 nitrogen and oxygen atoms in total. The van der Waals surface area contributed by atoms with E-state index in [9.17, 15) is 13.2 Å². The Bertz CT molecular complexity index is 901. The molecule has 0 saturated heterocycles. The fourth-order valence-corrected chi connectivity index (χ4v) is 4.05. The molecule has 1 atom stereocenters. The Morgan fingerprint density at radius 3 is 2.33 bits per heavy atom. The van der Waals surface area contributed by atoms with E-state index >= 15 is 0 Å². The molecule has 1 heterocycles. The minimum atomic E-state index is -3.25. The van der Waals surface area contributed by atoms with Crippen molar-refractivity contribution in [3.05, 3.63) is 76.7 Å². The number of amides is 1. The second kappa shape index (κ2) is 6.24. The lowest BCUT2D eigenvalue weighted by molar-refractivity contribution is 0.0983. The highest BCUT2D eigenvalue weighted by Crippen LogP contribution is 2.25. The topological polar surface area (TPSA) is 54.5 Å². The number of carbonyl (C=O) groups is 1. The van der Waals surface area contributed by atoms with E-state index in [2.05, 4.69) is 0 Å². The molecule has 0 N–H and O–H groups in total. The van der Waals surface area contributed by atoms with Crippen LogP contribution in [0.1, 0.15) is 21.5 Å². The fourth-order valence-electron chi connectivity index (χ4n) is 2.78. The van der Waals surface area contributed by atoms with Crippen molar-refractivity contribution in [2.75, 3.05) is 10.7 Å². The van der Waals surface area contributed by atoms with Crippen molar-refractivity contribution in [3.63, 3.8) is 0 Å². The molecule has 0 radical (unpaired) electrons. The predicted octanol–water partition coefficient (Wildman–Crippen LogP) is 3.26. The summed E-state index contributed by atoms with van der Waals surface area (Å²) in [5, 5.41) is 1.20. The minimum Gasteiger partial charge on any atom is -0.300 e. The molecule has 1 unspecified atom stereocenters. The molecule has 0 spiro atoms. The Hall–Kier alpha value is -2.40. The van der Waals surface area contributed by atoms with Crippen molar-refractivity contribution < 1.29 is 13.2 Å². The first-order valence-electron chi connectivity index (χ1n) is 7.74. The lowest BCUT2D eigenvalue weighted by Crippen LogP contribution is -2.41. The van der Waals surface area contributed by atoms with Gasteiger partial charge in [-0.3, -0.25) is 4.79 Å². The number of benzene rings is 2. The summed E-state index contributed by atoms with van der Waals surface area (Å²) in [6, 6.07) is 14.2. The Labute approximate surface area is 142 Å². The van der Waals surface area contributed by atoms with E-state index in [0.717, 1.165) is 11.1 Å². The van der Waals surface area contributed by atoms with Crippen LogP contribution in [0.25, 0.3) is 0 Å². The second-order valence-electron chi connectivity index (χ2n) is 6.04. The SMILES string of the molecule is Cc1ccc(C(=O)N(c2ccccc2)C2C=CS(=O)(=O)C2)cc1C. The van der Waals surface area contributed by atoms with Gasteiger partial charge in [0.15, 0.2) is 9.84 Å². The quantitative estimate of drug-likeness (QED) is 0.861. The van der Waals surface area contributed by atoms with Crippen molar-refractivity contribution in [1.29, 1.82) is 0 Å². The van der Waals surface area contributed by atoms with Crippen molar-refractivity contribution in [1.82, 2.24) is 0 Å². The molecular formula is C19H19NO3S. The largest absolute Gasteiger partial charge is 0.300 e. The van der Waals surface area contributed by atoms with Crippen LogP contribution < -0.4 is 4.90 Å². The third kappa shape index (κ3) is 3.26. The maximum Gasteiger partial charge on any atom is 0.258 e. The molecular weight excluding hydrogens is 322 g/mol. The molecule has 1 amide bonds. The second-order valence-corrected chi connectivity index (χ2v) is 7.97. The maximum atomic E-state index is 13.1. The number of anilines is 1. The van der Waals surface area contributed by atoms with Gasteiger partial charge in [0.1, 0.15) is 0 Å². The summed E-state index contributed by atoms with van der Waals surface area (Å²) in [7, 11) is -3.25. The van der Waals surface area contributed by atoms with Gasteiger partial charge in [0.2, 0.25) is 0 Å². The third-order valence-electron chi connectivity index (χ3n) is 4.25. The molecule has 5 heteroatoms. The summed E-state index contributed by atoms with van der Waals surface area (Å²) in [6.07, 6.45) is 1.58. The van der Waals surface area contributed by atoms with Crippen LogP contribution in [0.5, 0.6) is 0 Å². The van der Waals surface area contributed by atoms with E-state index in [0.29, 0.717) is 11.3 Å². The van der Waals surface area contributed by atoms with E-state index in [1.165, 1.54) is 5.41 Å². The van der Waals surface area contributed by atoms with Crippen LogP contribution in [0.4, 0.5) is 5.69 Å². The van der Waals surface area contributed by atoms with Crippen molar-refractivity contribution >= 4 is 21.4 Å². The molecule has 2 aromatic carbocycles. The third-order valence-corrected chi connectivity index (χ3v) is 5.63. The molecule has 0 saturated carbocycles. The first-order chi connectivity index (χ1) is 11.4. The lowest BCUT2D eigenvalue weighted by Gasteiger charge is -2.28. The van der Waals surface area contributed by atoms with Gasteiger partial charge in [-0.15, -0.1) is 0 Å². The minimum absolute atomic E-state index is 0.0848. The summed E-state index contributed by atoms with van der Waals surface area (Å²) in [4.78, 5) is 14.7. The number of aryl methyl sites for hydroxylation is 2. The summed E-state index contributed by atoms with van der Waals surface area (Å²) in [5.74, 6) is -0.283. The van der Waals surface area contributed by atoms with E-state index in [1.54, 1.807) is 17.0 Å². The molecule has 24 heavy (non-hydrogen) atoms. The van der Waals surface area contributed by atoms with Crippen LogP contribution in [0.2, 0.25) is 0 Å². The van der Waals surface area contributed by atoms with Crippen LogP contribution in [0.15, 0.2) is 60.0 Å². The summed E-state index contributed by atoms with van der Waals surface area (Å²) >= 11 is 0. The molecule has 2 aromatic rings. The van der Waals surface area contributed by atoms with Gasteiger partial charge in [-0.1, -0.05) is 24.3 Å². The number of hydrogen-bond acceptors (Lipinski definition) is 3. The van der Waals surface area contributed by atoms with Gasteiger partial charge in [0, 0.05) is 16.7 Å². The Morgan fingerprint density at radius 2 is 1.75 bits per heavy atom. The molecule has 0 aliphatic carbocycles. The van der Waals surface area contributed by atoms with Gasteiger partial charge < -0.3 is 4.90 Å². The van der Waals surface area contributed by atoms with Gasteiger partial charge in [0.25, 0.3) is 5.91 Å². The first kappa shape index (κ1) is 16.5. The number of para-hydroxylation sites is 1. The van der Waals surface area contributed by atoms with Crippen LogP contribution in [0.3, 0.4) is 0 Å². The summed E-state index contributed by atoms with van der Waals surface area (Å²) < 4.78 is 23.6. The highest BCUT2D eigenvalue weighted by molar-refractivity contribution is 7.94. The van der Waals surface area contributed by atoms with Crippen LogP contribution in [-0.2, 0) is 9.84 Å². The van der Waals surface area contributed by atoms with Gasteiger partial charge in [0.05, 0.1) is 11.8 Å². The number of carbonyl (C=O) groups excluding carboxylic acids is 1. The zero-order valence-corrected chi connectivity index (χ0v) is 14.5. The zero-order valence-electron chi connectivity index (χ0n) is 13.6. The standard InChI is InChI=1S/C19H19NO3S/c1-14-8-9-16(12-15(14)2)19(21)20(17-6-4-3-5-7-17)18-10-11-24(22,23)13-18/h3-12,18H,13H2,1-2H3. The first-order valence-corrected chi connectivity index (χ1v) is 9.46. The highest BCUT2D eigenvalue weighted by Gasteiger charge is 2.31. The van der Waals surface area contributed by atoms with E-state index < -0.39 is 15.9 Å². The predicted molar refractivity (Wildman–Crippen MR) is 95.9 cm³/mol.